The van der Waals surface area contributed by atoms with Crippen LogP contribution in [-0.2, 0) is 20.7 Å². The zero-order valence-electron chi connectivity index (χ0n) is 15.9. The van der Waals surface area contributed by atoms with Gasteiger partial charge in [0.2, 0.25) is 5.91 Å². The minimum absolute atomic E-state index is 0.126. The van der Waals surface area contributed by atoms with Crippen molar-refractivity contribution in [3.8, 4) is 0 Å². The molecule has 1 aromatic rings. The minimum Gasteiger partial charge on any atom is -0.378 e. The second-order valence-electron chi connectivity index (χ2n) is 7.48. The molecule has 1 unspecified atom stereocenters. The predicted octanol–water partition coefficient (Wildman–Crippen LogP) is 2.52. The molecule has 3 rings (SSSR count). The maximum Gasteiger partial charge on any atom is 0.227 e. The Balaban J connectivity index is 1.67. The molecule has 2 saturated heterocycles. The standard InChI is InChI=1S/C20H30N2O3/c1-14-10-17(21(3)4)11-15(2)18(14)12-19(23)22-7-5-6-16(13-22)20-24-8-9-25-20/h10-11,16,20H,5-9,12-13H2,1-4H3. The number of hydrogen-bond acceptors (Lipinski definition) is 4. The van der Waals surface area contributed by atoms with Crippen LogP contribution >= 0.6 is 0 Å². The molecule has 138 valence electrons. The van der Waals surface area contributed by atoms with Crippen LogP contribution in [0.2, 0.25) is 0 Å². The van der Waals surface area contributed by atoms with Crippen molar-refractivity contribution in [2.45, 2.75) is 39.4 Å². The lowest BCUT2D eigenvalue weighted by Gasteiger charge is -2.35. The third-order valence-corrected chi connectivity index (χ3v) is 5.37. The third kappa shape index (κ3) is 4.15. The summed E-state index contributed by atoms with van der Waals surface area (Å²) in [6, 6.07) is 4.32. The van der Waals surface area contributed by atoms with Crippen LogP contribution in [0.15, 0.2) is 12.1 Å². The lowest BCUT2D eigenvalue weighted by molar-refractivity contribution is -0.138. The molecule has 0 aliphatic carbocycles. The number of piperidine rings is 1. The fraction of sp³-hybridized carbons (Fsp3) is 0.650. The highest BCUT2D eigenvalue weighted by atomic mass is 16.7. The smallest absolute Gasteiger partial charge is 0.227 e. The van der Waals surface area contributed by atoms with Crippen LogP contribution in [0.3, 0.4) is 0 Å². The Morgan fingerprint density at radius 3 is 2.44 bits per heavy atom. The normalized spacial score (nSPS) is 21.6. The summed E-state index contributed by atoms with van der Waals surface area (Å²) in [6.07, 6.45) is 2.45. The second kappa shape index (κ2) is 7.75. The lowest BCUT2D eigenvalue weighted by Crippen LogP contribution is -2.44. The largest absolute Gasteiger partial charge is 0.378 e. The molecule has 25 heavy (non-hydrogen) atoms. The van der Waals surface area contributed by atoms with Crippen molar-refractivity contribution in [1.82, 2.24) is 4.90 Å². The SMILES string of the molecule is Cc1cc(N(C)C)cc(C)c1CC(=O)N1CCCC(C2OCCO2)C1. The minimum atomic E-state index is -0.126. The van der Waals surface area contributed by atoms with Crippen molar-refractivity contribution in [3.05, 3.63) is 28.8 Å². The van der Waals surface area contributed by atoms with E-state index in [1.165, 1.54) is 16.8 Å². The molecule has 2 aliphatic rings. The maximum atomic E-state index is 12.9. The van der Waals surface area contributed by atoms with Gasteiger partial charge in [-0.1, -0.05) is 0 Å². The van der Waals surface area contributed by atoms with Crippen molar-refractivity contribution in [2.24, 2.45) is 5.92 Å². The zero-order chi connectivity index (χ0) is 18.0. The van der Waals surface area contributed by atoms with Crippen LogP contribution in [0.25, 0.3) is 0 Å². The first kappa shape index (κ1) is 18.2. The summed E-state index contributed by atoms with van der Waals surface area (Å²) in [5, 5.41) is 0. The van der Waals surface area contributed by atoms with E-state index in [1.807, 2.05) is 19.0 Å². The van der Waals surface area contributed by atoms with Crippen LogP contribution in [0.5, 0.6) is 0 Å². The number of carbonyl (C=O) groups is 1. The topological polar surface area (TPSA) is 42.0 Å². The summed E-state index contributed by atoms with van der Waals surface area (Å²) in [4.78, 5) is 17.0. The molecule has 2 fully saturated rings. The second-order valence-corrected chi connectivity index (χ2v) is 7.48. The average molecular weight is 346 g/mol. The Bertz CT molecular complexity index is 600. The molecule has 0 bridgehead atoms. The molecular weight excluding hydrogens is 316 g/mol. The molecule has 2 aliphatic heterocycles. The number of benzene rings is 1. The average Bonchev–Trinajstić information content (AvgIpc) is 3.12. The Morgan fingerprint density at radius 1 is 1.20 bits per heavy atom. The van der Waals surface area contributed by atoms with Gasteiger partial charge in [0.25, 0.3) is 0 Å². The number of amides is 1. The number of rotatable bonds is 4. The first-order chi connectivity index (χ1) is 12.0. The fourth-order valence-corrected chi connectivity index (χ4v) is 3.88. The summed E-state index contributed by atoms with van der Waals surface area (Å²) in [6.45, 7) is 7.13. The number of carbonyl (C=O) groups excluding carboxylic acids is 1. The molecular formula is C20H30N2O3. The molecule has 5 heteroatoms. The summed E-state index contributed by atoms with van der Waals surface area (Å²) in [5.41, 5.74) is 4.71. The Labute approximate surface area is 150 Å². The summed E-state index contributed by atoms with van der Waals surface area (Å²) in [7, 11) is 4.08. The Hall–Kier alpha value is -1.59. The molecule has 0 aromatic heterocycles. The van der Waals surface area contributed by atoms with Gasteiger partial charge in [-0.05, 0) is 55.5 Å². The van der Waals surface area contributed by atoms with E-state index >= 15 is 0 Å². The van der Waals surface area contributed by atoms with Gasteiger partial charge in [0.15, 0.2) is 6.29 Å². The van der Waals surface area contributed by atoms with Gasteiger partial charge in [-0.15, -0.1) is 0 Å². The molecule has 0 N–H and O–H groups in total. The van der Waals surface area contributed by atoms with Crippen LogP contribution in [0.4, 0.5) is 5.69 Å². The van der Waals surface area contributed by atoms with Gasteiger partial charge >= 0.3 is 0 Å². The molecule has 0 spiro atoms. The van der Waals surface area contributed by atoms with Gasteiger partial charge in [-0.2, -0.15) is 0 Å². The number of ether oxygens (including phenoxy) is 2. The molecule has 1 aromatic carbocycles. The van der Waals surface area contributed by atoms with E-state index in [-0.39, 0.29) is 12.2 Å². The lowest BCUT2D eigenvalue weighted by atomic mass is 9.95. The fourth-order valence-electron chi connectivity index (χ4n) is 3.88. The highest BCUT2D eigenvalue weighted by Gasteiger charge is 2.32. The van der Waals surface area contributed by atoms with Crippen LogP contribution in [0.1, 0.15) is 29.5 Å². The first-order valence-electron chi connectivity index (χ1n) is 9.24. The quantitative estimate of drug-likeness (QED) is 0.840. The Kier molecular flexibility index (Phi) is 5.64. The van der Waals surface area contributed by atoms with Crippen LogP contribution in [0, 0.1) is 19.8 Å². The third-order valence-electron chi connectivity index (χ3n) is 5.37. The summed E-state index contributed by atoms with van der Waals surface area (Å²) in [5.74, 6) is 0.519. The van der Waals surface area contributed by atoms with E-state index in [4.69, 9.17) is 9.47 Å². The van der Waals surface area contributed by atoms with E-state index in [9.17, 15) is 4.79 Å². The number of hydrogen-bond donors (Lipinski definition) is 0. The van der Waals surface area contributed by atoms with E-state index in [2.05, 4.69) is 30.9 Å². The predicted molar refractivity (Wildman–Crippen MR) is 98.9 cm³/mol. The van der Waals surface area contributed by atoms with Crippen LogP contribution in [-0.4, -0.2) is 57.5 Å². The van der Waals surface area contributed by atoms with Gasteiger partial charge in [0.1, 0.15) is 0 Å². The molecule has 0 saturated carbocycles. The van der Waals surface area contributed by atoms with Crippen molar-refractivity contribution < 1.29 is 14.3 Å². The Morgan fingerprint density at radius 2 is 1.84 bits per heavy atom. The number of aryl methyl sites for hydroxylation is 2. The number of nitrogens with zero attached hydrogens (tertiary/aromatic N) is 2. The molecule has 0 radical (unpaired) electrons. The van der Waals surface area contributed by atoms with Gasteiger partial charge in [0, 0.05) is 38.8 Å². The molecule has 5 nitrogen and oxygen atoms in total. The number of anilines is 1. The van der Waals surface area contributed by atoms with Crippen molar-refractivity contribution in [1.29, 1.82) is 0 Å². The zero-order valence-corrected chi connectivity index (χ0v) is 15.9. The number of likely N-dealkylation sites (tertiary alicyclic amines) is 1. The maximum absolute atomic E-state index is 12.9. The molecule has 1 amide bonds. The monoisotopic (exact) mass is 346 g/mol. The van der Waals surface area contributed by atoms with Crippen LogP contribution < -0.4 is 4.90 Å². The highest BCUT2D eigenvalue weighted by Crippen LogP contribution is 2.27. The van der Waals surface area contributed by atoms with Gasteiger partial charge in [-0.3, -0.25) is 4.79 Å². The van der Waals surface area contributed by atoms with E-state index < -0.39 is 0 Å². The highest BCUT2D eigenvalue weighted by molar-refractivity contribution is 5.80. The summed E-state index contributed by atoms with van der Waals surface area (Å²) >= 11 is 0. The van der Waals surface area contributed by atoms with E-state index in [0.717, 1.165) is 31.5 Å². The van der Waals surface area contributed by atoms with Crippen molar-refractivity contribution in [2.75, 3.05) is 45.3 Å². The van der Waals surface area contributed by atoms with Gasteiger partial charge in [0.05, 0.1) is 19.6 Å². The van der Waals surface area contributed by atoms with Crippen molar-refractivity contribution in [3.63, 3.8) is 0 Å². The van der Waals surface area contributed by atoms with Gasteiger partial charge in [-0.25, -0.2) is 0 Å². The van der Waals surface area contributed by atoms with E-state index in [0.29, 0.717) is 25.6 Å². The summed E-state index contributed by atoms with van der Waals surface area (Å²) < 4.78 is 11.3. The molecule has 1 atom stereocenters. The molecule has 2 heterocycles. The van der Waals surface area contributed by atoms with Gasteiger partial charge < -0.3 is 19.3 Å². The van der Waals surface area contributed by atoms with Crippen molar-refractivity contribution >= 4 is 11.6 Å². The van der Waals surface area contributed by atoms with E-state index in [1.54, 1.807) is 0 Å². The first-order valence-corrected chi connectivity index (χ1v) is 9.24.